The molecule has 1 atom stereocenters. The van der Waals surface area contributed by atoms with E-state index >= 15 is 0 Å². The Balaban J connectivity index is 2.78. The molecule has 0 fully saturated rings. The quantitative estimate of drug-likeness (QED) is 0.718. The standard InChI is InChI=1S/C8H13NO2/c1-6(9)8-7(5-10-2)3-4-11-8/h3-4,6H,5,9H2,1-2H3/t6-/m0/s1. The molecular weight excluding hydrogens is 142 g/mol. The molecule has 3 heteroatoms. The van der Waals surface area contributed by atoms with Crippen molar-refractivity contribution in [3.8, 4) is 0 Å². The summed E-state index contributed by atoms with van der Waals surface area (Å²) in [6.45, 7) is 2.45. The summed E-state index contributed by atoms with van der Waals surface area (Å²) in [6, 6.07) is 1.82. The van der Waals surface area contributed by atoms with Gasteiger partial charge in [-0.15, -0.1) is 0 Å². The predicted octanol–water partition coefficient (Wildman–Crippen LogP) is 1.45. The van der Waals surface area contributed by atoms with Crippen LogP contribution in [0.3, 0.4) is 0 Å². The van der Waals surface area contributed by atoms with Gasteiger partial charge >= 0.3 is 0 Å². The Bertz CT molecular complexity index is 218. The Morgan fingerprint density at radius 1 is 1.73 bits per heavy atom. The van der Waals surface area contributed by atoms with E-state index in [4.69, 9.17) is 14.9 Å². The van der Waals surface area contributed by atoms with Gasteiger partial charge in [-0.1, -0.05) is 0 Å². The smallest absolute Gasteiger partial charge is 0.125 e. The van der Waals surface area contributed by atoms with Crippen molar-refractivity contribution < 1.29 is 9.15 Å². The van der Waals surface area contributed by atoms with Crippen LogP contribution in [-0.2, 0) is 11.3 Å². The van der Waals surface area contributed by atoms with Crippen molar-refractivity contribution in [1.82, 2.24) is 0 Å². The van der Waals surface area contributed by atoms with E-state index < -0.39 is 0 Å². The molecule has 0 radical (unpaired) electrons. The summed E-state index contributed by atoms with van der Waals surface area (Å²) >= 11 is 0. The lowest BCUT2D eigenvalue weighted by molar-refractivity contribution is 0.182. The van der Waals surface area contributed by atoms with Crippen LogP contribution in [0.1, 0.15) is 24.3 Å². The van der Waals surface area contributed by atoms with E-state index in [9.17, 15) is 0 Å². The van der Waals surface area contributed by atoms with Gasteiger partial charge in [0, 0.05) is 12.7 Å². The first-order valence-electron chi connectivity index (χ1n) is 3.56. The Kier molecular flexibility index (Phi) is 2.68. The molecule has 0 aliphatic rings. The van der Waals surface area contributed by atoms with Crippen molar-refractivity contribution in [2.24, 2.45) is 5.73 Å². The fraction of sp³-hybridized carbons (Fsp3) is 0.500. The number of ether oxygens (including phenoxy) is 1. The molecule has 2 N–H and O–H groups in total. The van der Waals surface area contributed by atoms with Crippen molar-refractivity contribution in [2.75, 3.05) is 7.11 Å². The lowest BCUT2D eigenvalue weighted by atomic mass is 10.2. The second-order valence-electron chi connectivity index (χ2n) is 2.53. The summed E-state index contributed by atoms with van der Waals surface area (Å²) in [5.41, 5.74) is 6.67. The summed E-state index contributed by atoms with van der Waals surface area (Å²) < 4.78 is 10.1. The SMILES string of the molecule is COCc1ccoc1[C@H](C)N. The minimum absolute atomic E-state index is 0.0600. The molecule has 0 aliphatic carbocycles. The zero-order chi connectivity index (χ0) is 8.27. The Morgan fingerprint density at radius 2 is 2.45 bits per heavy atom. The van der Waals surface area contributed by atoms with E-state index in [2.05, 4.69) is 0 Å². The maximum atomic E-state index is 5.64. The van der Waals surface area contributed by atoms with E-state index in [-0.39, 0.29) is 6.04 Å². The predicted molar refractivity (Wildman–Crippen MR) is 42.0 cm³/mol. The maximum Gasteiger partial charge on any atom is 0.125 e. The lowest BCUT2D eigenvalue weighted by Gasteiger charge is -2.03. The van der Waals surface area contributed by atoms with E-state index in [1.54, 1.807) is 13.4 Å². The van der Waals surface area contributed by atoms with Crippen LogP contribution < -0.4 is 5.73 Å². The van der Waals surface area contributed by atoms with Gasteiger partial charge < -0.3 is 14.9 Å². The van der Waals surface area contributed by atoms with Gasteiger partial charge in [0.1, 0.15) is 5.76 Å². The highest BCUT2D eigenvalue weighted by Gasteiger charge is 2.09. The maximum absolute atomic E-state index is 5.64. The number of nitrogens with two attached hydrogens (primary N) is 1. The molecule has 0 aliphatic heterocycles. The molecule has 1 heterocycles. The minimum atomic E-state index is -0.0600. The fourth-order valence-corrected chi connectivity index (χ4v) is 1.02. The first-order valence-corrected chi connectivity index (χ1v) is 3.56. The minimum Gasteiger partial charge on any atom is -0.467 e. The topological polar surface area (TPSA) is 48.4 Å². The number of rotatable bonds is 3. The summed E-state index contributed by atoms with van der Waals surface area (Å²) in [7, 11) is 1.65. The van der Waals surface area contributed by atoms with E-state index in [1.165, 1.54) is 0 Å². The summed E-state index contributed by atoms with van der Waals surface area (Å²) in [5.74, 6) is 0.812. The summed E-state index contributed by atoms with van der Waals surface area (Å²) in [4.78, 5) is 0. The Labute approximate surface area is 66.1 Å². The van der Waals surface area contributed by atoms with Gasteiger partial charge in [0.05, 0.1) is 18.9 Å². The third-order valence-electron chi connectivity index (χ3n) is 1.49. The molecule has 62 valence electrons. The van der Waals surface area contributed by atoms with E-state index in [0.717, 1.165) is 11.3 Å². The third kappa shape index (κ3) is 1.82. The fourth-order valence-electron chi connectivity index (χ4n) is 1.02. The van der Waals surface area contributed by atoms with Crippen LogP contribution in [0.4, 0.5) is 0 Å². The molecule has 11 heavy (non-hydrogen) atoms. The molecule has 1 aromatic heterocycles. The van der Waals surface area contributed by atoms with Gasteiger partial charge in [-0.25, -0.2) is 0 Å². The molecule has 0 saturated heterocycles. The zero-order valence-corrected chi connectivity index (χ0v) is 6.83. The van der Waals surface area contributed by atoms with Crippen molar-refractivity contribution in [1.29, 1.82) is 0 Å². The van der Waals surface area contributed by atoms with Gasteiger partial charge in [-0.2, -0.15) is 0 Å². The third-order valence-corrected chi connectivity index (χ3v) is 1.49. The molecule has 1 rings (SSSR count). The van der Waals surface area contributed by atoms with Gasteiger partial charge in [-0.3, -0.25) is 0 Å². The van der Waals surface area contributed by atoms with E-state index in [0.29, 0.717) is 6.61 Å². The Hall–Kier alpha value is -0.800. The highest BCUT2D eigenvalue weighted by atomic mass is 16.5. The monoisotopic (exact) mass is 155 g/mol. The van der Waals surface area contributed by atoms with Crippen LogP contribution in [0.2, 0.25) is 0 Å². The van der Waals surface area contributed by atoms with Gasteiger partial charge in [0.25, 0.3) is 0 Å². The van der Waals surface area contributed by atoms with Crippen molar-refractivity contribution >= 4 is 0 Å². The van der Waals surface area contributed by atoms with Gasteiger partial charge in [0.15, 0.2) is 0 Å². The molecule has 0 saturated carbocycles. The van der Waals surface area contributed by atoms with Crippen LogP contribution in [0, 0.1) is 0 Å². The first-order chi connectivity index (χ1) is 5.25. The Morgan fingerprint density at radius 3 is 3.00 bits per heavy atom. The van der Waals surface area contributed by atoms with Crippen molar-refractivity contribution in [3.05, 3.63) is 23.7 Å². The zero-order valence-electron chi connectivity index (χ0n) is 6.83. The van der Waals surface area contributed by atoms with Crippen LogP contribution in [0.25, 0.3) is 0 Å². The summed E-state index contributed by atoms with van der Waals surface area (Å²) in [5, 5.41) is 0. The summed E-state index contributed by atoms with van der Waals surface area (Å²) in [6.07, 6.45) is 1.63. The molecule has 0 unspecified atom stereocenters. The lowest BCUT2D eigenvalue weighted by Crippen LogP contribution is -2.06. The molecule has 0 bridgehead atoms. The van der Waals surface area contributed by atoms with Crippen LogP contribution in [0.5, 0.6) is 0 Å². The van der Waals surface area contributed by atoms with Crippen LogP contribution >= 0.6 is 0 Å². The first kappa shape index (κ1) is 8.30. The molecule has 0 spiro atoms. The van der Waals surface area contributed by atoms with Gasteiger partial charge in [0.2, 0.25) is 0 Å². The normalized spacial score (nSPS) is 13.4. The molecule has 3 nitrogen and oxygen atoms in total. The number of hydrogen-bond acceptors (Lipinski definition) is 3. The van der Waals surface area contributed by atoms with Crippen molar-refractivity contribution in [2.45, 2.75) is 19.6 Å². The average molecular weight is 155 g/mol. The second-order valence-corrected chi connectivity index (χ2v) is 2.53. The second kappa shape index (κ2) is 3.55. The van der Waals surface area contributed by atoms with Crippen molar-refractivity contribution in [3.63, 3.8) is 0 Å². The molecule has 0 aromatic carbocycles. The molecular formula is C8H13NO2. The van der Waals surface area contributed by atoms with E-state index in [1.807, 2.05) is 13.0 Å². The van der Waals surface area contributed by atoms with Crippen LogP contribution in [-0.4, -0.2) is 7.11 Å². The highest BCUT2D eigenvalue weighted by molar-refractivity contribution is 5.18. The van der Waals surface area contributed by atoms with Gasteiger partial charge in [-0.05, 0) is 13.0 Å². The highest BCUT2D eigenvalue weighted by Crippen LogP contribution is 2.17. The molecule has 1 aromatic rings. The number of furan rings is 1. The van der Waals surface area contributed by atoms with Crippen LogP contribution in [0.15, 0.2) is 16.7 Å². The molecule has 0 amide bonds. The average Bonchev–Trinajstić information content (AvgIpc) is 2.36. The number of hydrogen-bond donors (Lipinski definition) is 1. The number of methoxy groups -OCH3 is 1. The largest absolute Gasteiger partial charge is 0.467 e.